The molecule has 0 aliphatic carbocycles. The lowest BCUT2D eigenvalue weighted by molar-refractivity contribution is 0.0697. The fourth-order valence-electron chi connectivity index (χ4n) is 1.50. The zero-order valence-electron chi connectivity index (χ0n) is 10.3. The second-order valence-corrected chi connectivity index (χ2v) is 7.38. The smallest absolute Gasteiger partial charge is 0.339 e. The molecule has 0 unspecified atom stereocenters. The number of hydrogen-bond acceptors (Lipinski definition) is 3. The molecule has 6 heteroatoms. The van der Waals surface area contributed by atoms with Crippen LogP contribution in [0, 0.1) is 0 Å². The van der Waals surface area contributed by atoms with Crippen molar-refractivity contribution in [2.24, 2.45) is 0 Å². The van der Waals surface area contributed by atoms with Crippen LogP contribution in [-0.2, 0) is 5.54 Å². The Labute approximate surface area is 117 Å². The molecular formula is C12H13BrN2O2S. The lowest BCUT2D eigenvalue weighted by Crippen LogP contribution is -2.22. The zero-order valence-corrected chi connectivity index (χ0v) is 12.7. The van der Waals surface area contributed by atoms with E-state index in [-0.39, 0.29) is 11.1 Å². The van der Waals surface area contributed by atoms with Crippen molar-refractivity contribution >= 4 is 33.2 Å². The van der Waals surface area contributed by atoms with E-state index in [1.165, 1.54) is 11.3 Å². The molecular weight excluding hydrogens is 316 g/mol. The molecule has 0 atom stereocenters. The van der Waals surface area contributed by atoms with Crippen LogP contribution in [0.2, 0.25) is 0 Å². The van der Waals surface area contributed by atoms with Gasteiger partial charge in [-0.3, -0.25) is 4.68 Å². The minimum absolute atomic E-state index is 0.235. The summed E-state index contributed by atoms with van der Waals surface area (Å²) in [5.41, 5.74) is 0.518. The number of aromatic nitrogens is 2. The second kappa shape index (κ2) is 4.51. The highest BCUT2D eigenvalue weighted by molar-refractivity contribution is 9.11. The zero-order chi connectivity index (χ0) is 13.5. The number of aromatic carboxylic acids is 1. The summed E-state index contributed by atoms with van der Waals surface area (Å²) >= 11 is 4.85. The standard InChI is InChI=1S/C12H13BrN2O2S/c1-12(2,3)15-6-7(11(16)17)10(14-15)8-4-5-9(13)18-8/h4-6H,1-3H3,(H,16,17). The molecule has 2 rings (SSSR count). The molecule has 0 aliphatic rings. The average Bonchev–Trinajstić information content (AvgIpc) is 2.81. The van der Waals surface area contributed by atoms with Gasteiger partial charge in [0, 0.05) is 6.20 Å². The molecule has 2 heterocycles. The van der Waals surface area contributed by atoms with Crippen molar-refractivity contribution in [3.05, 3.63) is 27.7 Å². The van der Waals surface area contributed by atoms with Crippen LogP contribution in [0.25, 0.3) is 10.6 Å². The maximum absolute atomic E-state index is 11.3. The Morgan fingerprint density at radius 2 is 2.11 bits per heavy atom. The van der Waals surface area contributed by atoms with Crippen LogP contribution < -0.4 is 0 Å². The number of thiophene rings is 1. The average molecular weight is 329 g/mol. The third-order valence-corrected chi connectivity index (χ3v) is 4.07. The predicted octanol–water partition coefficient (Wildman–Crippen LogP) is 3.83. The monoisotopic (exact) mass is 328 g/mol. The first-order valence-corrected chi connectivity index (χ1v) is 6.99. The van der Waals surface area contributed by atoms with Crippen molar-refractivity contribution in [3.63, 3.8) is 0 Å². The van der Waals surface area contributed by atoms with Crippen molar-refractivity contribution in [1.82, 2.24) is 9.78 Å². The molecule has 0 fully saturated rings. The minimum atomic E-state index is -0.954. The van der Waals surface area contributed by atoms with Crippen LogP contribution in [-0.4, -0.2) is 20.9 Å². The number of nitrogens with zero attached hydrogens (tertiary/aromatic N) is 2. The van der Waals surface area contributed by atoms with Crippen molar-refractivity contribution in [2.45, 2.75) is 26.3 Å². The highest BCUT2D eigenvalue weighted by Crippen LogP contribution is 2.33. The molecule has 2 aromatic heterocycles. The number of hydrogen-bond donors (Lipinski definition) is 1. The first-order chi connectivity index (χ1) is 8.29. The Balaban J connectivity index is 2.59. The van der Waals surface area contributed by atoms with Crippen molar-refractivity contribution in [1.29, 1.82) is 0 Å². The maximum Gasteiger partial charge on any atom is 0.339 e. The summed E-state index contributed by atoms with van der Waals surface area (Å²) in [7, 11) is 0. The molecule has 4 nitrogen and oxygen atoms in total. The molecule has 96 valence electrons. The van der Waals surface area contributed by atoms with Crippen LogP contribution in [0.1, 0.15) is 31.1 Å². The SMILES string of the molecule is CC(C)(C)n1cc(C(=O)O)c(-c2ccc(Br)s2)n1. The predicted molar refractivity (Wildman–Crippen MR) is 75.2 cm³/mol. The highest BCUT2D eigenvalue weighted by atomic mass is 79.9. The van der Waals surface area contributed by atoms with E-state index in [9.17, 15) is 9.90 Å². The Kier molecular flexibility index (Phi) is 3.33. The molecule has 1 N–H and O–H groups in total. The van der Waals surface area contributed by atoms with Gasteiger partial charge in [0.05, 0.1) is 14.2 Å². The van der Waals surface area contributed by atoms with Gasteiger partial charge >= 0.3 is 5.97 Å². The van der Waals surface area contributed by atoms with Gasteiger partial charge in [-0.2, -0.15) is 5.10 Å². The van der Waals surface area contributed by atoms with E-state index in [1.54, 1.807) is 10.9 Å². The Morgan fingerprint density at radius 3 is 2.56 bits per heavy atom. The molecule has 0 saturated carbocycles. The van der Waals surface area contributed by atoms with Gasteiger partial charge in [0.1, 0.15) is 11.3 Å². The number of carbonyl (C=O) groups is 1. The van der Waals surface area contributed by atoms with E-state index in [0.29, 0.717) is 5.69 Å². The number of rotatable bonds is 2. The molecule has 0 radical (unpaired) electrons. The third kappa shape index (κ3) is 2.49. The van der Waals surface area contributed by atoms with Gasteiger partial charge in [-0.05, 0) is 48.8 Å². The first-order valence-electron chi connectivity index (χ1n) is 5.38. The maximum atomic E-state index is 11.3. The number of carboxylic acids is 1. The fraction of sp³-hybridized carbons (Fsp3) is 0.333. The quantitative estimate of drug-likeness (QED) is 0.911. The molecule has 0 amide bonds. The van der Waals surface area contributed by atoms with E-state index in [0.717, 1.165) is 8.66 Å². The summed E-state index contributed by atoms with van der Waals surface area (Å²) in [6.45, 7) is 5.96. The summed E-state index contributed by atoms with van der Waals surface area (Å²) in [5, 5.41) is 13.7. The van der Waals surface area contributed by atoms with Crippen LogP contribution in [0.5, 0.6) is 0 Å². The summed E-state index contributed by atoms with van der Waals surface area (Å²) < 4.78 is 2.65. The fourth-order valence-corrected chi connectivity index (χ4v) is 2.88. The van der Waals surface area contributed by atoms with Gasteiger partial charge in [0.25, 0.3) is 0 Å². The lowest BCUT2D eigenvalue weighted by atomic mass is 10.1. The van der Waals surface area contributed by atoms with Crippen LogP contribution in [0.3, 0.4) is 0 Å². The normalized spacial score (nSPS) is 11.8. The van der Waals surface area contributed by atoms with E-state index >= 15 is 0 Å². The molecule has 0 saturated heterocycles. The number of carboxylic acid groups (broad SMARTS) is 1. The van der Waals surface area contributed by atoms with Crippen LogP contribution in [0.4, 0.5) is 0 Å². The highest BCUT2D eigenvalue weighted by Gasteiger charge is 2.23. The summed E-state index contributed by atoms with van der Waals surface area (Å²) in [6, 6.07) is 3.76. The van der Waals surface area contributed by atoms with E-state index in [1.807, 2.05) is 32.9 Å². The van der Waals surface area contributed by atoms with Gasteiger partial charge in [0.2, 0.25) is 0 Å². The van der Waals surface area contributed by atoms with Crippen LogP contribution >= 0.6 is 27.3 Å². The van der Waals surface area contributed by atoms with E-state index < -0.39 is 5.97 Å². The van der Waals surface area contributed by atoms with Gasteiger partial charge < -0.3 is 5.11 Å². The Hall–Kier alpha value is -1.14. The molecule has 18 heavy (non-hydrogen) atoms. The van der Waals surface area contributed by atoms with Gasteiger partial charge in [-0.1, -0.05) is 0 Å². The van der Waals surface area contributed by atoms with Crippen LogP contribution in [0.15, 0.2) is 22.1 Å². The van der Waals surface area contributed by atoms with E-state index in [4.69, 9.17) is 0 Å². The Morgan fingerprint density at radius 1 is 1.44 bits per heavy atom. The minimum Gasteiger partial charge on any atom is -0.478 e. The molecule has 0 spiro atoms. The topological polar surface area (TPSA) is 55.1 Å². The van der Waals surface area contributed by atoms with E-state index in [2.05, 4.69) is 21.0 Å². The summed E-state index contributed by atoms with van der Waals surface area (Å²) in [5.74, 6) is -0.954. The van der Waals surface area contributed by atoms with Gasteiger partial charge in [0.15, 0.2) is 0 Å². The molecule has 0 aromatic carbocycles. The summed E-state index contributed by atoms with van der Waals surface area (Å²) in [4.78, 5) is 12.1. The molecule has 0 aliphatic heterocycles. The van der Waals surface area contributed by atoms with Crippen molar-refractivity contribution in [3.8, 4) is 10.6 Å². The lowest BCUT2D eigenvalue weighted by Gasteiger charge is -2.18. The molecule has 2 aromatic rings. The number of halogens is 1. The van der Waals surface area contributed by atoms with Crippen molar-refractivity contribution in [2.75, 3.05) is 0 Å². The second-order valence-electron chi connectivity index (χ2n) is 4.92. The first kappa shape index (κ1) is 13.3. The summed E-state index contributed by atoms with van der Waals surface area (Å²) in [6.07, 6.45) is 1.59. The van der Waals surface area contributed by atoms with Gasteiger partial charge in [-0.15, -0.1) is 11.3 Å². The largest absolute Gasteiger partial charge is 0.478 e. The van der Waals surface area contributed by atoms with Gasteiger partial charge in [-0.25, -0.2) is 4.79 Å². The molecule has 0 bridgehead atoms. The third-order valence-electron chi connectivity index (χ3n) is 2.44. The Bertz CT molecular complexity index is 595. The van der Waals surface area contributed by atoms with Crippen molar-refractivity contribution < 1.29 is 9.90 Å².